The molecule has 7 heteroatoms. The molecule has 0 bridgehead atoms. The number of aryl methyl sites for hydroxylation is 1. The number of nitro benzene ring substituents is 1. The zero-order valence-electron chi connectivity index (χ0n) is 9.41. The number of hydrogen-bond acceptors (Lipinski definition) is 4. The normalized spacial score (nSPS) is 10.1. The van der Waals surface area contributed by atoms with Gasteiger partial charge in [-0.05, 0) is 36.0 Å². The highest BCUT2D eigenvalue weighted by molar-refractivity contribution is 9.10. The van der Waals surface area contributed by atoms with Crippen LogP contribution in [-0.2, 0) is 4.79 Å². The summed E-state index contributed by atoms with van der Waals surface area (Å²) in [5.41, 5.74) is 0.906. The van der Waals surface area contributed by atoms with Crippen molar-refractivity contribution in [3.05, 3.63) is 32.3 Å². The lowest BCUT2D eigenvalue weighted by Crippen LogP contribution is -2.25. The number of halogens is 1. The van der Waals surface area contributed by atoms with Crippen LogP contribution in [-0.4, -0.2) is 24.4 Å². The van der Waals surface area contributed by atoms with Crippen molar-refractivity contribution in [2.24, 2.45) is 0 Å². The molecule has 0 radical (unpaired) electrons. The number of nitrogens with zero attached hydrogens (tertiary/aromatic N) is 1. The standard InChI is InChI=1S/C10H12BrN3O3/c1-6-3-7(11)8(4-9(6)14(16)17)13-10(15)5-12-2/h3-4,12H,5H2,1-2H3,(H,13,15). The number of likely N-dealkylation sites (N-methyl/N-ethyl adjacent to an activating group) is 1. The highest BCUT2D eigenvalue weighted by Crippen LogP contribution is 2.30. The number of hydrogen-bond donors (Lipinski definition) is 2. The maximum Gasteiger partial charge on any atom is 0.274 e. The lowest BCUT2D eigenvalue weighted by molar-refractivity contribution is -0.385. The predicted molar refractivity (Wildman–Crippen MR) is 68.1 cm³/mol. The molecule has 0 atom stereocenters. The smallest absolute Gasteiger partial charge is 0.274 e. The van der Waals surface area contributed by atoms with Crippen molar-refractivity contribution < 1.29 is 9.72 Å². The van der Waals surface area contributed by atoms with Crippen molar-refractivity contribution in [3.63, 3.8) is 0 Å². The van der Waals surface area contributed by atoms with Crippen LogP contribution in [0, 0.1) is 17.0 Å². The molecule has 0 heterocycles. The largest absolute Gasteiger partial charge is 0.324 e. The lowest BCUT2D eigenvalue weighted by atomic mass is 10.2. The molecule has 0 unspecified atom stereocenters. The average Bonchev–Trinajstić information content (AvgIpc) is 2.21. The van der Waals surface area contributed by atoms with Gasteiger partial charge in [0.15, 0.2) is 0 Å². The van der Waals surface area contributed by atoms with Crippen LogP contribution in [0.3, 0.4) is 0 Å². The number of nitro groups is 1. The molecular weight excluding hydrogens is 290 g/mol. The highest BCUT2D eigenvalue weighted by Gasteiger charge is 2.15. The van der Waals surface area contributed by atoms with Crippen molar-refractivity contribution in [2.45, 2.75) is 6.92 Å². The first-order chi connectivity index (χ1) is 7.95. The summed E-state index contributed by atoms with van der Waals surface area (Å²) >= 11 is 3.25. The molecule has 0 aliphatic heterocycles. The van der Waals surface area contributed by atoms with Crippen LogP contribution >= 0.6 is 15.9 Å². The summed E-state index contributed by atoms with van der Waals surface area (Å²) in [4.78, 5) is 21.7. The molecule has 1 aromatic rings. The van der Waals surface area contributed by atoms with E-state index in [9.17, 15) is 14.9 Å². The van der Waals surface area contributed by atoms with Gasteiger partial charge < -0.3 is 10.6 Å². The molecule has 0 fully saturated rings. The SMILES string of the molecule is CNCC(=O)Nc1cc([N+](=O)[O-])c(C)cc1Br. The van der Waals surface area contributed by atoms with Crippen LogP contribution < -0.4 is 10.6 Å². The van der Waals surface area contributed by atoms with Crippen LogP contribution in [0.25, 0.3) is 0 Å². The van der Waals surface area contributed by atoms with Crippen molar-refractivity contribution >= 4 is 33.2 Å². The molecule has 2 N–H and O–H groups in total. The van der Waals surface area contributed by atoms with Crippen molar-refractivity contribution in [1.29, 1.82) is 0 Å². The van der Waals surface area contributed by atoms with Crippen molar-refractivity contribution in [2.75, 3.05) is 18.9 Å². The zero-order valence-corrected chi connectivity index (χ0v) is 11.0. The summed E-state index contributed by atoms with van der Waals surface area (Å²) in [5.74, 6) is -0.258. The van der Waals surface area contributed by atoms with Crippen LogP contribution in [0.15, 0.2) is 16.6 Å². The number of rotatable bonds is 4. The number of carbonyl (C=O) groups is 1. The second-order valence-corrected chi connectivity index (χ2v) is 4.31. The van der Waals surface area contributed by atoms with Gasteiger partial charge in [0.25, 0.3) is 5.69 Å². The third kappa shape index (κ3) is 3.50. The first-order valence-electron chi connectivity index (χ1n) is 4.84. The Hall–Kier alpha value is -1.47. The molecule has 1 aromatic carbocycles. The molecule has 0 spiro atoms. The Morgan fingerprint density at radius 2 is 2.18 bits per heavy atom. The van der Waals surface area contributed by atoms with Gasteiger partial charge in [0.05, 0.1) is 17.2 Å². The monoisotopic (exact) mass is 301 g/mol. The van der Waals surface area contributed by atoms with Gasteiger partial charge in [-0.2, -0.15) is 0 Å². The number of carbonyl (C=O) groups excluding carboxylic acids is 1. The Morgan fingerprint density at radius 3 is 2.71 bits per heavy atom. The summed E-state index contributed by atoms with van der Waals surface area (Å²) in [6.45, 7) is 1.79. The van der Waals surface area contributed by atoms with Gasteiger partial charge in [-0.3, -0.25) is 14.9 Å². The third-order valence-corrected chi connectivity index (χ3v) is 2.75. The van der Waals surface area contributed by atoms with Gasteiger partial charge in [0, 0.05) is 16.1 Å². The number of nitrogens with one attached hydrogen (secondary N) is 2. The summed E-state index contributed by atoms with van der Waals surface area (Å²) in [6.07, 6.45) is 0. The summed E-state index contributed by atoms with van der Waals surface area (Å²) in [7, 11) is 1.65. The van der Waals surface area contributed by atoms with E-state index in [1.165, 1.54) is 6.07 Å². The zero-order chi connectivity index (χ0) is 13.0. The van der Waals surface area contributed by atoms with E-state index in [0.717, 1.165) is 0 Å². The van der Waals surface area contributed by atoms with E-state index in [-0.39, 0.29) is 18.1 Å². The van der Waals surface area contributed by atoms with Crippen LogP contribution in [0.4, 0.5) is 11.4 Å². The summed E-state index contributed by atoms with van der Waals surface area (Å²) in [5, 5.41) is 16.0. The van der Waals surface area contributed by atoms with E-state index in [0.29, 0.717) is 15.7 Å². The Labute approximate surface area is 107 Å². The van der Waals surface area contributed by atoms with Gasteiger partial charge in [-0.1, -0.05) is 0 Å². The van der Waals surface area contributed by atoms with Gasteiger partial charge in [-0.15, -0.1) is 0 Å². The summed E-state index contributed by atoms with van der Waals surface area (Å²) in [6, 6.07) is 2.94. The Kier molecular flexibility index (Phi) is 4.59. The Bertz CT molecular complexity index is 462. The van der Waals surface area contributed by atoms with Gasteiger partial charge in [0.1, 0.15) is 0 Å². The molecule has 1 amide bonds. The fraction of sp³-hybridized carbons (Fsp3) is 0.300. The van der Waals surface area contributed by atoms with E-state index in [1.807, 2.05) is 0 Å². The molecule has 92 valence electrons. The fourth-order valence-corrected chi connectivity index (χ4v) is 1.87. The topological polar surface area (TPSA) is 84.3 Å². The highest BCUT2D eigenvalue weighted by atomic mass is 79.9. The van der Waals surface area contributed by atoms with Crippen LogP contribution in [0.1, 0.15) is 5.56 Å². The van der Waals surface area contributed by atoms with E-state index in [1.54, 1.807) is 20.0 Å². The molecule has 0 aliphatic carbocycles. The molecule has 0 saturated carbocycles. The minimum absolute atomic E-state index is 0.0204. The molecule has 0 aliphatic rings. The average molecular weight is 302 g/mol. The van der Waals surface area contributed by atoms with Crippen molar-refractivity contribution in [3.8, 4) is 0 Å². The molecule has 17 heavy (non-hydrogen) atoms. The van der Waals surface area contributed by atoms with Gasteiger partial charge in [-0.25, -0.2) is 0 Å². The predicted octanol–water partition coefficient (Wildman–Crippen LogP) is 1.82. The molecule has 1 rings (SSSR count). The lowest BCUT2D eigenvalue weighted by Gasteiger charge is -2.08. The van der Waals surface area contributed by atoms with Gasteiger partial charge in [0.2, 0.25) is 5.91 Å². The minimum atomic E-state index is -0.477. The first-order valence-corrected chi connectivity index (χ1v) is 5.64. The maximum atomic E-state index is 11.4. The van der Waals surface area contributed by atoms with Crippen LogP contribution in [0.2, 0.25) is 0 Å². The second-order valence-electron chi connectivity index (χ2n) is 3.45. The molecule has 0 aromatic heterocycles. The van der Waals surface area contributed by atoms with E-state index < -0.39 is 4.92 Å². The summed E-state index contributed by atoms with van der Waals surface area (Å²) < 4.78 is 0.616. The van der Waals surface area contributed by atoms with E-state index in [2.05, 4.69) is 26.6 Å². The Morgan fingerprint density at radius 1 is 1.53 bits per heavy atom. The quantitative estimate of drug-likeness (QED) is 0.656. The maximum absolute atomic E-state index is 11.4. The number of anilines is 1. The van der Waals surface area contributed by atoms with E-state index in [4.69, 9.17) is 0 Å². The number of benzene rings is 1. The minimum Gasteiger partial charge on any atom is -0.324 e. The fourth-order valence-electron chi connectivity index (χ4n) is 1.31. The van der Waals surface area contributed by atoms with Crippen LogP contribution in [0.5, 0.6) is 0 Å². The second kappa shape index (κ2) is 5.74. The number of amides is 1. The molecular formula is C10H12BrN3O3. The molecule has 6 nitrogen and oxygen atoms in total. The third-order valence-electron chi connectivity index (χ3n) is 2.09. The van der Waals surface area contributed by atoms with E-state index >= 15 is 0 Å². The molecule has 0 saturated heterocycles. The first kappa shape index (κ1) is 13.6. The van der Waals surface area contributed by atoms with Gasteiger partial charge >= 0.3 is 0 Å². The van der Waals surface area contributed by atoms with Crippen molar-refractivity contribution in [1.82, 2.24) is 5.32 Å². The Balaban J connectivity index is 3.03.